The van der Waals surface area contributed by atoms with E-state index in [-0.39, 0.29) is 17.3 Å². The van der Waals surface area contributed by atoms with E-state index in [1.807, 2.05) is 25.1 Å². The van der Waals surface area contributed by atoms with Crippen LogP contribution in [0.1, 0.15) is 17.5 Å². The van der Waals surface area contributed by atoms with Crippen LogP contribution in [0.4, 0.5) is 5.69 Å². The molecular formula is C12H14BrNO2. The molecule has 1 N–H and O–H groups in total. The Bertz CT molecular complexity index is 419. The molecule has 0 saturated carbocycles. The lowest BCUT2D eigenvalue weighted by atomic mass is 10.1. The predicted molar refractivity (Wildman–Crippen MR) is 66.8 cm³/mol. The van der Waals surface area contributed by atoms with E-state index >= 15 is 0 Å². The van der Waals surface area contributed by atoms with Crippen molar-refractivity contribution in [2.75, 3.05) is 11.4 Å². The molecule has 1 unspecified atom stereocenters. The van der Waals surface area contributed by atoms with E-state index in [2.05, 4.69) is 15.9 Å². The Morgan fingerprint density at radius 3 is 2.88 bits per heavy atom. The third-order valence-corrected chi connectivity index (χ3v) is 3.44. The normalized spacial score (nSPS) is 20.6. The molecule has 16 heavy (non-hydrogen) atoms. The van der Waals surface area contributed by atoms with Gasteiger partial charge in [-0.3, -0.25) is 4.79 Å². The Morgan fingerprint density at radius 2 is 2.31 bits per heavy atom. The van der Waals surface area contributed by atoms with Crippen LogP contribution in [0.2, 0.25) is 0 Å². The zero-order valence-corrected chi connectivity index (χ0v) is 10.7. The number of rotatable bonds is 2. The first-order chi connectivity index (χ1) is 7.61. The highest BCUT2D eigenvalue weighted by Gasteiger charge is 2.29. The maximum Gasteiger partial charge on any atom is 0.228 e. The summed E-state index contributed by atoms with van der Waals surface area (Å²) in [6.07, 6.45) is 0.544. The summed E-state index contributed by atoms with van der Waals surface area (Å²) in [7, 11) is 0. The van der Waals surface area contributed by atoms with Gasteiger partial charge in [-0.05, 0) is 24.1 Å². The summed E-state index contributed by atoms with van der Waals surface area (Å²) in [5.74, 6) is 0.139. The summed E-state index contributed by atoms with van der Waals surface area (Å²) < 4.78 is 0. The van der Waals surface area contributed by atoms with Crippen LogP contribution in [0.25, 0.3) is 0 Å². The lowest BCUT2D eigenvalue weighted by Crippen LogP contribution is -2.25. The maximum atomic E-state index is 11.8. The van der Waals surface area contributed by atoms with Crippen molar-refractivity contribution in [1.29, 1.82) is 0 Å². The molecular weight excluding hydrogens is 270 g/mol. The number of anilines is 1. The van der Waals surface area contributed by atoms with Gasteiger partial charge in [-0.15, -0.1) is 0 Å². The number of carbonyl (C=O) groups is 1. The van der Waals surface area contributed by atoms with E-state index < -0.39 is 0 Å². The van der Waals surface area contributed by atoms with Gasteiger partial charge in [-0.1, -0.05) is 28.1 Å². The van der Waals surface area contributed by atoms with Crippen LogP contribution in [0.15, 0.2) is 18.2 Å². The SMILES string of the molecule is Cc1ccc(CO)cc1N1CC(Br)CC1=O. The van der Waals surface area contributed by atoms with Crippen LogP contribution >= 0.6 is 15.9 Å². The molecule has 1 fully saturated rings. The van der Waals surface area contributed by atoms with Gasteiger partial charge >= 0.3 is 0 Å². The molecule has 0 aromatic heterocycles. The minimum atomic E-state index is 0.00700. The molecule has 0 bridgehead atoms. The van der Waals surface area contributed by atoms with Gasteiger partial charge in [0.2, 0.25) is 5.91 Å². The van der Waals surface area contributed by atoms with E-state index in [0.717, 1.165) is 16.8 Å². The van der Waals surface area contributed by atoms with E-state index in [0.29, 0.717) is 13.0 Å². The highest BCUT2D eigenvalue weighted by molar-refractivity contribution is 9.09. The molecule has 1 aliphatic heterocycles. The Balaban J connectivity index is 2.35. The smallest absolute Gasteiger partial charge is 0.228 e. The summed E-state index contributed by atoms with van der Waals surface area (Å²) in [5, 5.41) is 9.10. The van der Waals surface area contributed by atoms with Gasteiger partial charge in [0.05, 0.1) is 6.61 Å². The van der Waals surface area contributed by atoms with E-state index in [1.165, 1.54) is 0 Å². The number of benzene rings is 1. The fraction of sp³-hybridized carbons (Fsp3) is 0.417. The van der Waals surface area contributed by atoms with Gasteiger partial charge in [-0.25, -0.2) is 0 Å². The van der Waals surface area contributed by atoms with Gasteiger partial charge in [-0.2, -0.15) is 0 Å². The molecule has 86 valence electrons. The van der Waals surface area contributed by atoms with Crippen LogP contribution in [0.3, 0.4) is 0 Å². The number of halogens is 1. The van der Waals surface area contributed by atoms with Gasteiger partial charge in [0.1, 0.15) is 0 Å². The lowest BCUT2D eigenvalue weighted by molar-refractivity contribution is -0.117. The third kappa shape index (κ3) is 2.13. The Morgan fingerprint density at radius 1 is 1.56 bits per heavy atom. The first-order valence-corrected chi connectivity index (χ1v) is 6.18. The fourth-order valence-electron chi connectivity index (χ4n) is 1.94. The lowest BCUT2D eigenvalue weighted by Gasteiger charge is -2.19. The van der Waals surface area contributed by atoms with Crippen molar-refractivity contribution in [1.82, 2.24) is 0 Å². The third-order valence-electron chi connectivity index (χ3n) is 2.82. The average molecular weight is 284 g/mol. The molecule has 1 aliphatic rings. The summed E-state index contributed by atoms with van der Waals surface area (Å²) in [6.45, 7) is 2.69. The molecule has 3 nitrogen and oxygen atoms in total. The minimum absolute atomic E-state index is 0.00700. The number of aliphatic hydroxyl groups is 1. The van der Waals surface area contributed by atoms with Gasteiger partial charge < -0.3 is 10.0 Å². The molecule has 1 aromatic rings. The quantitative estimate of drug-likeness (QED) is 0.844. The molecule has 2 rings (SSSR count). The number of carbonyl (C=O) groups excluding carboxylic acids is 1. The predicted octanol–water partition coefficient (Wildman–Crippen LogP) is 1.99. The molecule has 1 aromatic carbocycles. The van der Waals surface area contributed by atoms with Gasteiger partial charge in [0.15, 0.2) is 0 Å². The number of hydrogen-bond acceptors (Lipinski definition) is 2. The second-order valence-electron chi connectivity index (χ2n) is 4.08. The van der Waals surface area contributed by atoms with Crippen LogP contribution in [-0.2, 0) is 11.4 Å². The monoisotopic (exact) mass is 283 g/mol. The molecule has 0 spiro atoms. The van der Waals surface area contributed by atoms with E-state index in [1.54, 1.807) is 4.90 Å². The first-order valence-electron chi connectivity index (χ1n) is 5.26. The number of aliphatic hydroxyl groups excluding tert-OH is 1. The standard InChI is InChI=1S/C12H14BrNO2/c1-8-2-3-9(7-15)4-11(8)14-6-10(13)5-12(14)16/h2-4,10,15H,5-7H2,1H3. The van der Waals surface area contributed by atoms with Crippen molar-refractivity contribution in [3.63, 3.8) is 0 Å². The Kier molecular flexibility index (Phi) is 3.30. The summed E-state index contributed by atoms with van der Waals surface area (Å²) in [6, 6.07) is 5.71. The molecule has 1 saturated heterocycles. The summed E-state index contributed by atoms with van der Waals surface area (Å²) >= 11 is 3.46. The first kappa shape index (κ1) is 11.6. The zero-order chi connectivity index (χ0) is 11.7. The average Bonchev–Trinajstić information content (AvgIpc) is 2.58. The van der Waals surface area contributed by atoms with Gasteiger partial charge in [0.25, 0.3) is 0 Å². The highest BCUT2D eigenvalue weighted by Crippen LogP contribution is 2.28. The fourth-order valence-corrected chi connectivity index (χ4v) is 2.51. The second kappa shape index (κ2) is 4.55. The number of nitrogens with zero attached hydrogens (tertiary/aromatic N) is 1. The molecule has 0 aliphatic carbocycles. The Hall–Kier alpha value is -0.870. The van der Waals surface area contributed by atoms with E-state index in [4.69, 9.17) is 5.11 Å². The largest absolute Gasteiger partial charge is 0.392 e. The van der Waals surface area contributed by atoms with Crippen LogP contribution in [0.5, 0.6) is 0 Å². The van der Waals surface area contributed by atoms with Gasteiger partial charge in [0, 0.05) is 23.5 Å². The number of alkyl halides is 1. The molecule has 0 radical (unpaired) electrons. The number of aryl methyl sites for hydroxylation is 1. The molecule has 1 atom stereocenters. The van der Waals surface area contributed by atoms with Crippen molar-refractivity contribution in [2.45, 2.75) is 24.8 Å². The topological polar surface area (TPSA) is 40.5 Å². The highest BCUT2D eigenvalue weighted by atomic mass is 79.9. The van der Waals surface area contributed by atoms with Crippen molar-refractivity contribution in [2.24, 2.45) is 0 Å². The summed E-state index contributed by atoms with van der Waals surface area (Å²) in [5.41, 5.74) is 2.82. The number of hydrogen-bond donors (Lipinski definition) is 1. The number of amides is 1. The second-order valence-corrected chi connectivity index (χ2v) is 5.38. The summed E-state index contributed by atoms with van der Waals surface area (Å²) in [4.78, 5) is 13.8. The van der Waals surface area contributed by atoms with Crippen molar-refractivity contribution < 1.29 is 9.90 Å². The van der Waals surface area contributed by atoms with Crippen molar-refractivity contribution >= 4 is 27.5 Å². The zero-order valence-electron chi connectivity index (χ0n) is 9.11. The molecule has 4 heteroatoms. The van der Waals surface area contributed by atoms with Crippen molar-refractivity contribution in [3.05, 3.63) is 29.3 Å². The van der Waals surface area contributed by atoms with Crippen LogP contribution in [-0.4, -0.2) is 22.4 Å². The molecule has 1 heterocycles. The minimum Gasteiger partial charge on any atom is -0.392 e. The molecule has 1 amide bonds. The van der Waals surface area contributed by atoms with Crippen molar-refractivity contribution in [3.8, 4) is 0 Å². The van der Waals surface area contributed by atoms with Crippen LogP contribution < -0.4 is 4.90 Å². The Labute approximate surface area is 103 Å². The van der Waals surface area contributed by atoms with E-state index in [9.17, 15) is 4.79 Å². The maximum absolute atomic E-state index is 11.8. The van der Waals surface area contributed by atoms with Crippen LogP contribution in [0, 0.1) is 6.92 Å².